The third-order valence-corrected chi connectivity index (χ3v) is 5.01. The molecule has 3 heterocycles. The van der Waals surface area contributed by atoms with Gasteiger partial charge in [0.25, 0.3) is 0 Å². The summed E-state index contributed by atoms with van der Waals surface area (Å²) in [5.41, 5.74) is 10.8. The molecular formula is C19H22N6. The molecule has 1 aliphatic rings. The molecule has 1 saturated heterocycles. The monoisotopic (exact) mass is 334 g/mol. The number of rotatable bonds is 3. The quantitative estimate of drug-likeness (QED) is 0.769. The van der Waals surface area contributed by atoms with E-state index in [1.165, 1.54) is 28.7 Å². The lowest BCUT2D eigenvalue weighted by atomic mass is 9.88. The molecule has 6 heteroatoms. The van der Waals surface area contributed by atoms with Crippen LogP contribution in [0.4, 0.5) is 11.6 Å². The molecule has 0 atom stereocenters. The number of aryl methyl sites for hydroxylation is 1. The van der Waals surface area contributed by atoms with Gasteiger partial charge in [0.2, 0.25) is 0 Å². The Morgan fingerprint density at radius 2 is 1.92 bits per heavy atom. The molecule has 0 radical (unpaired) electrons. The minimum atomic E-state index is 0.479. The second-order valence-electron chi connectivity index (χ2n) is 6.57. The van der Waals surface area contributed by atoms with Crippen LogP contribution in [0.25, 0.3) is 11.1 Å². The van der Waals surface area contributed by atoms with Crippen molar-refractivity contribution >= 4 is 11.6 Å². The van der Waals surface area contributed by atoms with Crippen molar-refractivity contribution in [2.75, 3.05) is 23.7 Å². The maximum absolute atomic E-state index is 5.78. The van der Waals surface area contributed by atoms with Crippen LogP contribution < -0.4 is 10.6 Å². The molecule has 25 heavy (non-hydrogen) atoms. The molecule has 0 saturated carbocycles. The highest BCUT2D eigenvalue weighted by Gasteiger charge is 2.25. The maximum atomic E-state index is 5.78. The summed E-state index contributed by atoms with van der Waals surface area (Å²) < 4.78 is 0. The van der Waals surface area contributed by atoms with Crippen molar-refractivity contribution in [2.45, 2.75) is 25.7 Å². The first kappa shape index (κ1) is 15.6. The van der Waals surface area contributed by atoms with E-state index in [-0.39, 0.29) is 0 Å². The molecule has 1 aromatic carbocycles. The molecule has 3 N–H and O–H groups in total. The Morgan fingerprint density at radius 3 is 2.68 bits per heavy atom. The van der Waals surface area contributed by atoms with Crippen molar-refractivity contribution < 1.29 is 0 Å². The summed E-state index contributed by atoms with van der Waals surface area (Å²) in [6.07, 6.45) is 5.60. The smallest absolute Gasteiger partial charge is 0.134 e. The average molecular weight is 334 g/mol. The first-order chi connectivity index (χ1) is 12.2. The molecule has 0 amide bonds. The van der Waals surface area contributed by atoms with Crippen LogP contribution >= 0.6 is 0 Å². The maximum Gasteiger partial charge on any atom is 0.134 e. The summed E-state index contributed by atoms with van der Waals surface area (Å²) in [6, 6.07) is 10.3. The number of nitrogen functional groups attached to an aromatic ring is 1. The molecular weight excluding hydrogens is 312 g/mol. The summed E-state index contributed by atoms with van der Waals surface area (Å²) in [5, 5.41) is 7.58. The van der Waals surface area contributed by atoms with E-state index in [9.17, 15) is 0 Å². The van der Waals surface area contributed by atoms with Gasteiger partial charge in [-0.1, -0.05) is 24.3 Å². The third-order valence-electron chi connectivity index (χ3n) is 5.01. The van der Waals surface area contributed by atoms with Gasteiger partial charge in [-0.2, -0.15) is 5.10 Å². The van der Waals surface area contributed by atoms with Crippen LogP contribution in [0.2, 0.25) is 0 Å². The van der Waals surface area contributed by atoms with Crippen LogP contribution in [-0.4, -0.2) is 33.3 Å². The van der Waals surface area contributed by atoms with E-state index in [0.717, 1.165) is 31.7 Å². The van der Waals surface area contributed by atoms with Crippen LogP contribution in [0.15, 0.2) is 42.9 Å². The van der Waals surface area contributed by atoms with Crippen molar-refractivity contribution in [2.24, 2.45) is 0 Å². The predicted octanol–water partition coefficient (Wildman–Crippen LogP) is 3.14. The number of aromatic nitrogens is 4. The normalized spacial score (nSPS) is 15.5. The van der Waals surface area contributed by atoms with Crippen molar-refractivity contribution in [1.82, 2.24) is 20.2 Å². The van der Waals surface area contributed by atoms with Gasteiger partial charge in [-0.25, -0.2) is 9.97 Å². The summed E-state index contributed by atoms with van der Waals surface area (Å²) in [6.45, 7) is 4.05. The number of anilines is 2. The molecule has 2 aromatic heterocycles. The Balaban J connectivity index is 1.53. The van der Waals surface area contributed by atoms with E-state index >= 15 is 0 Å². The minimum absolute atomic E-state index is 0.479. The Hall–Kier alpha value is -2.89. The van der Waals surface area contributed by atoms with Crippen molar-refractivity contribution in [3.8, 4) is 11.1 Å². The summed E-state index contributed by atoms with van der Waals surface area (Å²) in [5.74, 6) is 1.91. The van der Waals surface area contributed by atoms with E-state index in [0.29, 0.717) is 11.7 Å². The topological polar surface area (TPSA) is 83.7 Å². The lowest BCUT2D eigenvalue weighted by molar-refractivity contribution is 0.493. The Morgan fingerprint density at radius 1 is 1.12 bits per heavy atom. The number of hydrogen-bond acceptors (Lipinski definition) is 5. The zero-order valence-corrected chi connectivity index (χ0v) is 14.3. The number of benzene rings is 1. The van der Waals surface area contributed by atoms with Gasteiger partial charge in [0.1, 0.15) is 18.0 Å². The van der Waals surface area contributed by atoms with Crippen LogP contribution in [0.5, 0.6) is 0 Å². The van der Waals surface area contributed by atoms with Gasteiger partial charge in [-0.15, -0.1) is 0 Å². The molecule has 4 rings (SSSR count). The highest BCUT2D eigenvalue weighted by atomic mass is 15.2. The molecule has 0 bridgehead atoms. The molecule has 128 valence electrons. The second-order valence-corrected chi connectivity index (χ2v) is 6.57. The van der Waals surface area contributed by atoms with Crippen LogP contribution in [0, 0.1) is 6.92 Å². The Labute approximate surface area is 147 Å². The largest absolute Gasteiger partial charge is 0.384 e. The second kappa shape index (κ2) is 6.55. The molecule has 0 spiro atoms. The van der Waals surface area contributed by atoms with Crippen molar-refractivity contribution in [3.05, 3.63) is 54.1 Å². The van der Waals surface area contributed by atoms with Crippen LogP contribution in [-0.2, 0) is 0 Å². The molecule has 0 aliphatic carbocycles. The van der Waals surface area contributed by atoms with E-state index in [2.05, 4.69) is 56.3 Å². The summed E-state index contributed by atoms with van der Waals surface area (Å²) in [4.78, 5) is 10.6. The number of nitrogens with one attached hydrogen (secondary N) is 1. The van der Waals surface area contributed by atoms with E-state index < -0.39 is 0 Å². The zero-order chi connectivity index (χ0) is 17.2. The van der Waals surface area contributed by atoms with Gasteiger partial charge in [0.15, 0.2) is 0 Å². The lowest BCUT2D eigenvalue weighted by Gasteiger charge is -2.32. The summed E-state index contributed by atoms with van der Waals surface area (Å²) >= 11 is 0. The van der Waals surface area contributed by atoms with Gasteiger partial charge in [-0.3, -0.25) is 5.10 Å². The van der Waals surface area contributed by atoms with Gasteiger partial charge >= 0.3 is 0 Å². The lowest BCUT2D eigenvalue weighted by Crippen LogP contribution is -2.33. The Bertz CT molecular complexity index is 864. The fourth-order valence-electron chi connectivity index (χ4n) is 3.63. The molecule has 1 fully saturated rings. The van der Waals surface area contributed by atoms with E-state index in [4.69, 9.17) is 5.73 Å². The standard InChI is InChI=1S/C19H22N6/c1-13-4-2-3-5-15(13)16-11-23-24-19(16)14-6-8-25(9-7-14)18-10-17(20)21-12-22-18/h2-5,10-12,14H,6-9H2,1H3,(H,23,24)(H2,20,21,22). The average Bonchev–Trinajstić information content (AvgIpc) is 3.12. The van der Waals surface area contributed by atoms with Gasteiger partial charge in [-0.05, 0) is 30.9 Å². The minimum Gasteiger partial charge on any atom is -0.384 e. The molecule has 0 unspecified atom stereocenters. The van der Waals surface area contributed by atoms with Crippen molar-refractivity contribution in [3.63, 3.8) is 0 Å². The zero-order valence-electron chi connectivity index (χ0n) is 14.3. The molecule has 1 aliphatic heterocycles. The summed E-state index contributed by atoms with van der Waals surface area (Å²) in [7, 11) is 0. The first-order valence-corrected chi connectivity index (χ1v) is 8.64. The number of H-pyrrole nitrogens is 1. The van der Waals surface area contributed by atoms with Crippen molar-refractivity contribution in [1.29, 1.82) is 0 Å². The fourth-order valence-corrected chi connectivity index (χ4v) is 3.63. The van der Waals surface area contributed by atoms with Gasteiger partial charge in [0, 0.05) is 36.3 Å². The molecule has 6 nitrogen and oxygen atoms in total. The highest BCUT2D eigenvalue weighted by molar-refractivity contribution is 5.69. The van der Waals surface area contributed by atoms with E-state index in [1.807, 2.05) is 12.3 Å². The number of nitrogens with two attached hydrogens (primary N) is 1. The fraction of sp³-hybridized carbons (Fsp3) is 0.316. The highest BCUT2D eigenvalue weighted by Crippen LogP contribution is 2.35. The molecule has 3 aromatic rings. The Kier molecular flexibility index (Phi) is 4.09. The third kappa shape index (κ3) is 3.07. The van der Waals surface area contributed by atoms with Crippen LogP contribution in [0.1, 0.15) is 30.0 Å². The first-order valence-electron chi connectivity index (χ1n) is 8.64. The SMILES string of the molecule is Cc1ccccc1-c1cn[nH]c1C1CCN(c2cc(N)ncn2)CC1. The predicted molar refractivity (Wildman–Crippen MR) is 99.4 cm³/mol. The number of hydrogen-bond donors (Lipinski definition) is 2. The number of piperidine rings is 1. The van der Waals surface area contributed by atoms with Gasteiger partial charge in [0.05, 0.1) is 6.20 Å². The van der Waals surface area contributed by atoms with E-state index in [1.54, 1.807) is 0 Å². The number of nitrogens with zero attached hydrogens (tertiary/aromatic N) is 4. The number of aromatic amines is 1. The van der Waals surface area contributed by atoms with Crippen LogP contribution in [0.3, 0.4) is 0 Å². The van der Waals surface area contributed by atoms with Gasteiger partial charge < -0.3 is 10.6 Å².